The molecule has 9 nitrogen and oxygen atoms in total. The summed E-state index contributed by atoms with van der Waals surface area (Å²) in [4.78, 5) is 16.1. The summed E-state index contributed by atoms with van der Waals surface area (Å²) < 4.78 is 6.93. The standard InChI is InChI=1S/C22H26N8O/c1-27(9-10-28-11-13-29(14-12-28)17-6-3-2-4-7-17)19-16-20-24-21(18-8-5-15-31-18)26-30(20)22(23)25-19/h2-8,15-16H,9-14H2,1H3,(H2,23,25). The van der Waals surface area contributed by atoms with Crippen LogP contribution < -0.4 is 15.5 Å². The van der Waals surface area contributed by atoms with Crippen molar-refractivity contribution in [1.29, 1.82) is 0 Å². The average molecular weight is 419 g/mol. The Morgan fingerprint density at radius 2 is 1.84 bits per heavy atom. The number of hydrogen-bond acceptors (Lipinski definition) is 8. The molecule has 4 heterocycles. The number of aromatic nitrogens is 4. The van der Waals surface area contributed by atoms with Crippen LogP contribution in [-0.2, 0) is 0 Å². The largest absolute Gasteiger partial charge is 0.461 e. The number of hydrogen-bond donors (Lipinski definition) is 1. The van der Waals surface area contributed by atoms with Crippen molar-refractivity contribution in [3.8, 4) is 11.6 Å². The van der Waals surface area contributed by atoms with Crippen molar-refractivity contribution in [3.63, 3.8) is 0 Å². The average Bonchev–Trinajstić information content (AvgIpc) is 3.48. The van der Waals surface area contributed by atoms with Crippen LogP contribution in [0, 0.1) is 0 Å². The third-order valence-corrected chi connectivity index (χ3v) is 5.71. The fraction of sp³-hybridized carbons (Fsp3) is 0.318. The van der Waals surface area contributed by atoms with E-state index in [4.69, 9.17) is 10.2 Å². The zero-order valence-corrected chi connectivity index (χ0v) is 17.6. The van der Waals surface area contributed by atoms with Crippen LogP contribution in [0.4, 0.5) is 17.5 Å². The van der Waals surface area contributed by atoms with Crippen LogP contribution in [0.1, 0.15) is 0 Å². The first-order valence-corrected chi connectivity index (χ1v) is 10.5. The Kier molecular flexibility index (Phi) is 5.17. The molecule has 0 saturated carbocycles. The third-order valence-electron chi connectivity index (χ3n) is 5.71. The highest BCUT2D eigenvalue weighted by Gasteiger charge is 2.18. The molecule has 1 fully saturated rings. The number of anilines is 3. The van der Waals surface area contributed by atoms with Crippen LogP contribution in [0.25, 0.3) is 17.2 Å². The molecular formula is C22H26N8O. The van der Waals surface area contributed by atoms with E-state index in [1.165, 1.54) is 10.2 Å². The number of piperazine rings is 1. The molecule has 9 heteroatoms. The minimum absolute atomic E-state index is 0.307. The lowest BCUT2D eigenvalue weighted by Crippen LogP contribution is -2.48. The van der Waals surface area contributed by atoms with E-state index < -0.39 is 0 Å². The molecule has 160 valence electrons. The van der Waals surface area contributed by atoms with E-state index in [9.17, 15) is 0 Å². The monoisotopic (exact) mass is 418 g/mol. The Morgan fingerprint density at radius 3 is 2.58 bits per heavy atom. The lowest BCUT2D eigenvalue weighted by Gasteiger charge is -2.36. The number of fused-ring (bicyclic) bond motifs is 1. The molecule has 2 N–H and O–H groups in total. The number of benzene rings is 1. The first-order chi connectivity index (χ1) is 15.2. The number of nitrogens with two attached hydrogens (primary N) is 1. The van der Waals surface area contributed by atoms with Crippen molar-refractivity contribution in [3.05, 3.63) is 54.8 Å². The van der Waals surface area contributed by atoms with Crippen LogP contribution >= 0.6 is 0 Å². The molecule has 0 radical (unpaired) electrons. The fourth-order valence-corrected chi connectivity index (χ4v) is 3.88. The molecule has 1 aromatic carbocycles. The third kappa shape index (κ3) is 4.04. The molecule has 0 aliphatic carbocycles. The summed E-state index contributed by atoms with van der Waals surface area (Å²) in [6, 6.07) is 16.1. The van der Waals surface area contributed by atoms with E-state index in [0.717, 1.165) is 45.1 Å². The lowest BCUT2D eigenvalue weighted by molar-refractivity contribution is 0.263. The minimum Gasteiger partial charge on any atom is -0.461 e. The molecule has 4 aromatic rings. The van der Waals surface area contributed by atoms with Crippen LogP contribution in [0.2, 0.25) is 0 Å². The highest BCUT2D eigenvalue weighted by atomic mass is 16.3. The van der Waals surface area contributed by atoms with E-state index in [2.05, 4.69) is 60.1 Å². The lowest BCUT2D eigenvalue weighted by atomic mass is 10.2. The van der Waals surface area contributed by atoms with E-state index in [-0.39, 0.29) is 0 Å². The van der Waals surface area contributed by atoms with E-state index >= 15 is 0 Å². The van der Waals surface area contributed by atoms with Crippen LogP contribution in [0.15, 0.2) is 59.2 Å². The van der Waals surface area contributed by atoms with Gasteiger partial charge in [-0.1, -0.05) is 18.2 Å². The van der Waals surface area contributed by atoms with Gasteiger partial charge < -0.3 is 20.0 Å². The zero-order valence-electron chi connectivity index (χ0n) is 17.6. The first-order valence-electron chi connectivity index (χ1n) is 10.5. The van der Waals surface area contributed by atoms with Gasteiger partial charge in [0.1, 0.15) is 5.82 Å². The number of nitrogen functional groups attached to an aromatic ring is 1. The number of likely N-dealkylation sites (N-methyl/N-ethyl adjacent to an activating group) is 1. The van der Waals surface area contributed by atoms with Gasteiger partial charge in [-0.3, -0.25) is 4.90 Å². The Balaban J connectivity index is 1.21. The van der Waals surface area contributed by atoms with Gasteiger partial charge in [0.2, 0.25) is 11.8 Å². The predicted molar refractivity (Wildman–Crippen MR) is 121 cm³/mol. The molecule has 1 saturated heterocycles. The summed E-state index contributed by atoms with van der Waals surface area (Å²) in [5.74, 6) is 2.19. The molecule has 0 bridgehead atoms. The van der Waals surface area contributed by atoms with Gasteiger partial charge in [0.15, 0.2) is 11.4 Å². The van der Waals surface area contributed by atoms with Gasteiger partial charge in [-0.25, -0.2) is 4.98 Å². The van der Waals surface area contributed by atoms with Crippen molar-refractivity contribution in [1.82, 2.24) is 24.5 Å². The van der Waals surface area contributed by atoms with Crippen molar-refractivity contribution < 1.29 is 4.42 Å². The molecule has 1 aliphatic heterocycles. The molecule has 31 heavy (non-hydrogen) atoms. The molecule has 0 atom stereocenters. The predicted octanol–water partition coefficient (Wildman–Crippen LogP) is 2.22. The maximum absolute atomic E-state index is 6.15. The molecule has 5 rings (SSSR count). The molecule has 1 aliphatic rings. The van der Waals surface area contributed by atoms with Gasteiger partial charge in [0, 0.05) is 58.1 Å². The van der Waals surface area contributed by atoms with E-state index in [1.54, 1.807) is 6.26 Å². The van der Waals surface area contributed by atoms with Gasteiger partial charge in [0.25, 0.3) is 0 Å². The van der Waals surface area contributed by atoms with Gasteiger partial charge in [-0.05, 0) is 24.3 Å². The van der Waals surface area contributed by atoms with Gasteiger partial charge in [0.05, 0.1) is 6.26 Å². The second-order valence-corrected chi connectivity index (χ2v) is 7.74. The van der Waals surface area contributed by atoms with Gasteiger partial charge in [-0.15, -0.1) is 5.10 Å². The summed E-state index contributed by atoms with van der Waals surface area (Å²) in [6.07, 6.45) is 1.60. The number of rotatable bonds is 6. The Bertz CT molecular complexity index is 1130. The summed E-state index contributed by atoms with van der Waals surface area (Å²) in [7, 11) is 2.03. The van der Waals surface area contributed by atoms with Crippen molar-refractivity contribution in [2.75, 3.05) is 61.8 Å². The van der Waals surface area contributed by atoms with Crippen molar-refractivity contribution in [2.45, 2.75) is 0 Å². The normalized spacial score (nSPS) is 14.9. The highest BCUT2D eigenvalue weighted by molar-refractivity contribution is 5.59. The molecular weight excluding hydrogens is 392 g/mol. The minimum atomic E-state index is 0.307. The highest BCUT2D eigenvalue weighted by Crippen LogP contribution is 2.21. The summed E-state index contributed by atoms with van der Waals surface area (Å²) in [6.45, 7) is 6.01. The topological polar surface area (TPSA) is 92.0 Å². The first kappa shape index (κ1) is 19.4. The quantitative estimate of drug-likeness (QED) is 0.510. The van der Waals surface area contributed by atoms with Crippen LogP contribution in [-0.4, -0.2) is 70.8 Å². The maximum atomic E-state index is 6.15. The molecule has 3 aromatic heterocycles. The van der Waals surface area contributed by atoms with Gasteiger partial charge >= 0.3 is 0 Å². The van der Waals surface area contributed by atoms with Crippen LogP contribution in [0.3, 0.4) is 0 Å². The number of furan rings is 1. The molecule has 0 spiro atoms. The number of para-hydroxylation sites is 1. The van der Waals surface area contributed by atoms with Crippen molar-refractivity contribution in [2.24, 2.45) is 0 Å². The van der Waals surface area contributed by atoms with Crippen LogP contribution in [0.5, 0.6) is 0 Å². The van der Waals surface area contributed by atoms with E-state index in [0.29, 0.717) is 23.2 Å². The Labute approximate surface area is 180 Å². The fourth-order valence-electron chi connectivity index (χ4n) is 3.88. The summed E-state index contributed by atoms with van der Waals surface area (Å²) in [5.41, 5.74) is 8.10. The van der Waals surface area contributed by atoms with Crippen molar-refractivity contribution >= 4 is 23.1 Å². The second kappa shape index (κ2) is 8.27. The molecule has 0 unspecified atom stereocenters. The van der Waals surface area contributed by atoms with E-state index in [1.807, 2.05) is 25.2 Å². The SMILES string of the molecule is CN(CCN1CCN(c2ccccc2)CC1)c1cc2nc(-c3ccco3)nn2c(N)n1. The zero-order chi connectivity index (χ0) is 21.2. The second-order valence-electron chi connectivity index (χ2n) is 7.74. The number of nitrogens with zero attached hydrogens (tertiary/aromatic N) is 7. The summed E-state index contributed by atoms with van der Waals surface area (Å²) in [5, 5.41) is 4.40. The maximum Gasteiger partial charge on any atom is 0.225 e. The Hall–Kier alpha value is -3.59. The Morgan fingerprint density at radius 1 is 1.03 bits per heavy atom. The molecule has 0 amide bonds. The smallest absolute Gasteiger partial charge is 0.225 e. The van der Waals surface area contributed by atoms with Gasteiger partial charge in [-0.2, -0.15) is 9.50 Å². The summed E-state index contributed by atoms with van der Waals surface area (Å²) >= 11 is 0.